The minimum Gasteiger partial charge on any atom is -0.297 e. The Kier molecular flexibility index (Phi) is 3.09. The van der Waals surface area contributed by atoms with Crippen molar-refractivity contribution in [3.8, 4) is 0 Å². The summed E-state index contributed by atoms with van der Waals surface area (Å²) in [4.78, 5) is 12.0. The predicted octanol–water partition coefficient (Wildman–Crippen LogP) is 1.20. The molecule has 1 saturated heterocycles. The zero-order chi connectivity index (χ0) is 10.1. The summed E-state index contributed by atoms with van der Waals surface area (Å²) in [5.74, 6) is 0.347. The van der Waals surface area contributed by atoms with Crippen LogP contribution < -0.4 is 5.43 Å². The van der Waals surface area contributed by atoms with Crippen molar-refractivity contribution in [3.63, 3.8) is 0 Å². The molecule has 0 bridgehead atoms. The molecule has 1 fully saturated rings. The van der Waals surface area contributed by atoms with Crippen LogP contribution in [0.5, 0.6) is 0 Å². The maximum Gasteiger partial charge on any atom is 0.156 e. The first-order valence-electron chi connectivity index (χ1n) is 5.01. The number of hydrazine groups is 1. The smallest absolute Gasteiger partial charge is 0.156 e. The van der Waals surface area contributed by atoms with Gasteiger partial charge in [0.15, 0.2) is 5.78 Å². The van der Waals surface area contributed by atoms with Crippen LogP contribution in [0.25, 0.3) is 0 Å². The third-order valence-corrected chi connectivity index (χ3v) is 2.49. The summed E-state index contributed by atoms with van der Waals surface area (Å²) in [7, 11) is 0. The Balaban J connectivity index is 2.66. The van der Waals surface area contributed by atoms with Crippen LogP contribution in [0.2, 0.25) is 0 Å². The molecule has 1 heterocycles. The van der Waals surface area contributed by atoms with E-state index in [1.165, 1.54) is 0 Å². The van der Waals surface area contributed by atoms with Gasteiger partial charge in [0.1, 0.15) is 0 Å². The van der Waals surface area contributed by atoms with Crippen molar-refractivity contribution in [2.24, 2.45) is 5.41 Å². The zero-order valence-electron chi connectivity index (χ0n) is 9.05. The molecule has 0 aromatic heterocycles. The standard InChI is InChI=1S/C10H20N2O/c1-5-12-8(6-7-11-12)9(13)10(2,3)4/h8,11H,5-7H2,1-4H3. The van der Waals surface area contributed by atoms with Crippen LogP contribution in [0.15, 0.2) is 0 Å². The van der Waals surface area contributed by atoms with Crippen molar-refractivity contribution in [2.45, 2.75) is 40.2 Å². The van der Waals surface area contributed by atoms with Gasteiger partial charge in [-0.3, -0.25) is 10.2 Å². The molecule has 1 aliphatic rings. The third kappa shape index (κ3) is 2.29. The molecule has 1 atom stereocenters. The van der Waals surface area contributed by atoms with Gasteiger partial charge >= 0.3 is 0 Å². The Labute approximate surface area is 80.5 Å². The van der Waals surface area contributed by atoms with Crippen LogP contribution in [-0.2, 0) is 4.79 Å². The molecule has 1 rings (SSSR count). The largest absolute Gasteiger partial charge is 0.297 e. The van der Waals surface area contributed by atoms with Crippen LogP contribution >= 0.6 is 0 Å². The topological polar surface area (TPSA) is 32.3 Å². The van der Waals surface area contributed by atoms with Gasteiger partial charge in [0.05, 0.1) is 6.04 Å². The van der Waals surface area contributed by atoms with Crippen molar-refractivity contribution < 1.29 is 4.79 Å². The van der Waals surface area contributed by atoms with Crippen LogP contribution in [-0.4, -0.2) is 29.9 Å². The second kappa shape index (κ2) is 3.76. The molecule has 1 unspecified atom stereocenters. The summed E-state index contributed by atoms with van der Waals surface area (Å²) in [6.07, 6.45) is 0.948. The maximum absolute atomic E-state index is 12.0. The first-order valence-corrected chi connectivity index (χ1v) is 5.01. The predicted molar refractivity (Wildman–Crippen MR) is 53.2 cm³/mol. The van der Waals surface area contributed by atoms with Crippen molar-refractivity contribution in [1.29, 1.82) is 0 Å². The number of hydrogen-bond acceptors (Lipinski definition) is 3. The molecule has 0 radical (unpaired) electrons. The van der Waals surface area contributed by atoms with Gasteiger partial charge < -0.3 is 0 Å². The van der Waals surface area contributed by atoms with Gasteiger partial charge in [0.2, 0.25) is 0 Å². The Morgan fingerprint density at radius 2 is 2.15 bits per heavy atom. The van der Waals surface area contributed by atoms with E-state index in [2.05, 4.69) is 12.3 Å². The fourth-order valence-electron chi connectivity index (χ4n) is 1.72. The van der Waals surface area contributed by atoms with Gasteiger partial charge in [-0.2, -0.15) is 0 Å². The molecule has 76 valence electrons. The molecule has 1 N–H and O–H groups in total. The fourth-order valence-corrected chi connectivity index (χ4v) is 1.72. The lowest BCUT2D eigenvalue weighted by Crippen LogP contribution is -2.45. The van der Waals surface area contributed by atoms with Crippen LogP contribution in [0, 0.1) is 5.41 Å². The number of hydrogen-bond donors (Lipinski definition) is 1. The van der Waals surface area contributed by atoms with E-state index in [0.29, 0.717) is 5.78 Å². The first-order chi connectivity index (χ1) is 5.96. The molecule has 0 aliphatic carbocycles. The van der Waals surface area contributed by atoms with E-state index in [-0.39, 0.29) is 11.5 Å². The van der Waals surface area contributed by atoms with Gasteiger partial charge in [-0.15, -0.1) is 0 Å². The normalized spacial score (nSPS) is 25.1. The van der Waals surface area contributed by atoms with E-state index in [4.69, 9.17) is 0 Å². The number of ketones is 1. The molecule has 0 amide bonds. The molecule has 0 saturated carbocycles. The van der Waals surface area contributed by atoms with E-state index in [1.807, 2.05) is 25.8 Å². The van der Waals surface area contributed by atoms with E-state index in [0.717, 1.165) is 19.5 Å². The van der Waals surface area contributed by atoms with Gasteiger partial charge in [0, 0.05) is 18.5 Å². The summed E-state index contributed by atoms with van der Waals surface area (Å²) in [6.45, 7) is 9.86. The molecule has 0 spiro atoms. The summed E-state index contributed by atoms with van der Waals surface area (Å²) in [5.41, 5.74) is 3.00. The average molecular weight is 184 g/mol. The van der Waals surface area contributed by atoms with Crippen molar-refractivity contribution in [2.75, 3.05) is 13.1 Å². The van der Waals surface area contributed by atoms with Gasteiger partial charge in [0.25, 0.3) is 0 Å². The monoisotopic (exact) mass is 184 g/mol. The molecule has 3 nitrogen and oxygen atoms in total. The highest BCUT2D eigenvalue weighted by atomic mass is 16.1. The van der Waals surface area contributed by atoms with Crippen molar-refractivity contribution >= 4 is 5.78 Å². The average Bonchev–Trinajstić information content (AvgIpc) is 2.48. The van der Waals surface area contributed by atoms with Gasteiger partial charge in [-0.05, 0) is 6.42 Å². The van der Waals surface area contributed by atoms with E-state index < -0.39 is 0 Å². The number of carbonyl (C=O) groups excluding carboxylic acids is 1. The number of rotatable bonds is 2. The fraction of sp³-hybridized carbons (Fsp3) is 0.900. The molecular weight excluding hydrogens is 164 g/mol. The lowest BCUT2D eigenvalue weighted by molar-refractivity contribution is -0.131. The van der Waals surface area contributed by atoms with E-state index in [9.17, 15) is 4.79 Å². The summed E-state index contributed by atoms with van der Waals surface area (Å²) < 4.78 is 0. The molecule has 3 heteroatoms. The number of likely N-dealkylation sites (N-methyl/N-ethyl adjacent to an activating group) is 1. The van der Waals surface area contributed by atoms with Gasteiger partial charge in [-0.25, -0.2) is 5.01 Å². The summed E-state index contributed by atoms with van der Waals surface area (Å²) >= 11 is 0. The summed E-state index contributed by atoms with van der Waals surface area (Å²) in [6, 6.07) is 0.0880. The Morgan fingerprint density at radius 1 is 1.54 bits per heavy atom. The number of carbonyl (C=O) groups is 1. The Hall–Kier alpha value is -0.410. The number of Topliss-reactive ketones (excluding diaryl/α,β-unsaturated/α-hetero) is 1. The number of nitrogens with zero attached hydrogens (tertiary/aromatic N) is 1. The first kappa shape index (κ1) is 10.7. The van der Waals surface area contributed by atoms with Crippen LogP contribution in [0.3, 0.4) is 0 Å². The summed E-state index contributed by atoms with van der Waals surface area (Å²) in [5, 5.41) is 2.05. The molecule has 0 aromatic carbocycles. The second-order valence-electron chi connectivity index (χ2n) is 4.61. The Morgan fingerprint density at radius 3 is 2.62 bits per heavy atom. The SMILES string of the molecule is CCN1NCCC1C(=O)C(C)(C)C. The maximum atomic E-state index is 12.0. The molecular formula is C10H20N2O. The zero-order valence-corrected chi connectivity index (χ0v) is 9.05. The highest BCUT2D eigenvalue weighted by molar-refractivity contribution is 5.88. The Bertz CT molecular complexity index is 196. The second-order valence-corrected chi connectivity index (χ2v) is 4.61. The van der Waals surface area contributed by atoms with Crippen LogP contribution in [0.4, 0.5) is 0 Å². The third-order valence-electron chi connectivity index (χ3n) is 2.49. The highest BCUT2D eigenvalue weighted by Crippen LogP contribution is 2.22. The van der Waals surface area contributed by atoms with Gasteiger partial charge in [-0.1, -0.05) is 27.7 Å². The molecule has 1 aliphatic heterocycles. The lowest BCUT2D eigenvalue weighted by Gasteiger charge is -2.27. The minimum absolute atomic E-state index is 0.0880. The number of nitrogens with one attached hydrogen (secondary N) is 1. The van der Waals surface area contributed by atoms with E-state index >= 15 is 0 Å². The lowest BCUT2D eigenvalue weighted by atomic mass is 9.85. The molecule has 13 heavy (non-hydrogen) atoms. The van der Waals surface area contributed by atoms with Crippen molar-refractivity contribution in [3.05, 3.63) is 0 Å². The van der Waals surface area contributed by atoms with E-state index in [1.54, 1.807) is 0 Å². The highest BCUT2D eigenvalue weighted by Gasteiger charge is 2.35. The minimum atomic E-state index is -0.218. The van der Waals surface area contributed by atoms with Crippen molar-refractivity contribution in [1.82, 2.24) is 10.4 Å². The quantitative estimate of drug-likeness (QED) is 0.700. The van der Waals surface area contributed by atoms with Crippen LogP contribution in [0.1, 0.15) is 34.1 Å². The molecule has 0 aromatic rings.